The third-order valence-electron chi connectivity index (χ3n) is 4.92. The van der Waals surface area contributed by atoms with Gasteiger partial charge in [-0.15, -0.1) is 0 Å². The van der Waals surface area contributed by atoms with E-state index >= 15 is 0 Å². The SMILES string of the molecule is CCCCCC(=O)CC[C@H]1CCC(=O)[C@@H]1CC=CCCCC(=O)O. The van der Waals surface area contributed by atoms with Gasteiger partial charge in [0, 0.05) is 31.6 Å². The summed E-state index contributed by atoms with van der Waals surface area (Å²) in [6.07, 6.45) is 13.2. The van der Waals surface area contributed by atoms with Crippen LogP contribution >= 0.6 is 0 Å². The number of allylic oxidation sites excluding steroid dienone is 2. The van der Waals surface area contributed by atoms with Gasteiger partial charge in [0.15, 0.2) is 0 Å². The van der Waals surface area contributed by atoms with Crippen molar-refractivity contribution in [3.05, 3.63) is 12.2 Å². The zero-order valence-corrected chi connectivity index (χ0v) is 15.0. The van der Waals surface area contributed by atoms with Crippen molar-refractivity contribution in [2.45, 2.75) is 84.0 Å². The van der Waals surface area contributed by atoms with Crippen LogP contribution in [0.3, 0.4) is 0 Å². The predicted octanol–water partition coefficient (Wildman–Crippen LogP) is 4.71. The van der Waals surface area contributed by atoms with E-state index in [4.69, 9.17) is 5.11 Å². The summed E-state index contributed by atoms with van der Waals surface area (Å²) >= 11 is 0. The first-order valence-corrected chi connectivity index (χ1v) is 9.45. The van der Waals surface area contributed by atoms with E-state index in [1.807, 2.05) is 12.2 Å². The molecule has 2 atom stereocenters. The van der Waals surface area contributed by atoms with Crippen molar-refractivity contribution < 1.29 is 19.5 Å². The maximum Gasteiger partial charge on any atom is 0.303 e. The van der Waals surface area contributed by atoms with Crippen LogP contribution in [-0.2, 0) is 14.4 Å². The number of carboxylic acids is 1. The smallest absolute Gasteiger partial charge is 0.303 e. The van der Waals surface area contributed by atoms with Crippen LogP contribution in [0.4, 0.5) is 0 Å². The van der Waals surface area contributed by atoms with Crippen LogP contribution in [0.25, 0.3) is 0 Å². The highest BCUT2D eigenvalue weighted by Gasteiger charge is 2.33. The molecule has 1 aliphatic carbocycles. The molecule has 0 bridgehead atoms. The fraction of sp³-hybridized carbons (Fsp3) is 0.750. The monoisotopic (exact) mass is 336 g/mol. The van der Waals surface area contributed by atoms with E-state index in [0.717, 1.165) is 44.9 Å². The molecule has 4 nitrogen and oxygen atoms in total. The lowest BCUT2D eigenvalue weighted by Gasteiger charge is -2.16. The van der Waals surface area contributed by atoms with E-state index in [9.17, 15) is 14.4 Å². The minimum absolute atomic E-state index is 0.0594. The largest absolute Gasteiger partial charge is 0.481 e. The Morgan fingerprint density at radius 3 is 2.62 bits per heavy atom. The molecule has 0 saturated heterocycles. The molecule has 0 spiro atoms. The highest BCUT2D eigenvalue weighted by molar-refractivity contribution is 5.84. The molecule has 1 saturated carbocycles. The number of ketones is 2. The molecule has 0 aromatic heterocycles. The Morgan fingerprint density at radius 2 is 1.92 bits per heavy atom. The number of Topliss-reactive ketones (excluding diaryl/α,β-unsaturated/α-hetero) is 2. The van der Waals surface area contributed by atoms with Crippen molar-refractivity contribution in [2.75, 3.05) is 0 Å². The molecule has 0 heterocycles. The van der Waals surface area contributed by atoms with Crippen LogP contribution in [0.15, 0.2) is 12.2 Å². The van der Waals surface area contributed by atoms with Gasteiger partial charge in [0.25, 0.3) is 0 Å². The number of rotatable bonds is 13. The van der Waals surface area contributed by atoms with Crippen molar-refractivity contribution in [3.63, 3.8) is 0 Å². The van der Waals surface area contributed by atoms with Gasteiger partial charge in [0.2, 0.25) is 0 Å². The molecule has 0 aliphatic heterocycles. The first kappa shape index (κ1) is 20.6. The van der Waals surface area contributed by atoms with E-state index in [1.54, 1.807) is 0 Å². The second kappa shape index (κ2) is 12.0. The van der Waals surface area contributed by atoms with E-state index in [-0.39, 0.29) is 12.3 Å². The van der Waals surface area contributed by atoms with Crippen molar-refractivity contribution in [1.82, 2.24) is 0 Å². The Balaban J connectivity index is 2.28. The summed E-state index contributed by atoms with van der Waals surface area (Å²) in [5, 5.41) is 8.59. The zero-order valence-electron chi connectivity index (χ0n) is 15.0. The van der Waals surface area contributed by atoms with E-state index in [2.05, 4.69) is 6.92 Å². The van der Waals surface area contributed by atoms with Crippen LogP contribution in [-0.4, -0.2) is 22.6 Å². The molecular formula is C20H32O4. The number of hydrogen-bond acceptors (Lipinski definition) is 3. The highest BCUT2D eigenvalue weighted by atomic mass is 16.4. The lowest BCUT2D eigenvalue weighted by Crippen LogP contribution is -2.15. The Kier molecular flexibility index (Phi) is 10.3. The first-order chi connectivity index (χ1) is 11.5. The Morgan fingerprint density at radius 1 is 1.12 bits per heavy atom. The average Bonchev–Trinajstić information content (AvgIpc) is 2.89. The molecular weight excluding hydrogens is 304 g/mol. The molecule has 136 valence electrons. The van der Waals surface area contributed by atoms with E-state index in [1.165, 1.54) is 0 Å². The van der Waals surface area contributed by atoms with Gasteiger partial charge in [-0.25, -0.2) is 0 Å². The second-order valence-corrected chi connectivity index (χ2v) is 6.90. The Hall–Kier alpha value is -1.45. The molecule has 24 heavy (non-hydrogen) atoms. The highest BCUT2D eigenvalue weighted by Crippen LogP contribution is 2.35. The maximum atomic E-state index is 12.1. The second-order valence-electron chi connectivity index (χ2n) is 6.90. The van der Waals surface area contributed by atoms with Crippen LogP contribution in [0.1, 0.15) is 84.0 Å². The van der Waals surface area contributed by atoms with Crippen LogP contribution in [0.5, 0.6) is 0 Å². The maximum absolute atomic E-state index is 12.1. The molecule has 1 aliphatic rings. The molecule has 0 unspecified atom stereocenters. The van der Waals surface area contributed by atoms with Gasteiger partial charge in [0.05, 0.1) is 0 Å². The van der Waals surface area contributed by atoms with Gasteiger partial charge in [0.1, 0.15) is 11.6 Å². The molecule has 1 rings (SSSR count). The quantitative estimate of drug-likeness (QED) is 0.390. The summed E-state index contributed by atoms with van der Waals surface area (Å²) < 4.78 is 0. The van der Waals surface area contributed by atoms with Gasteiger partial charge in [-0.05, 0) is 44.4 Å². The molecule has 0 aromatic carbocycles. The van der Waals surface area contributed by atoms with Crippen molar-refractivity contribution >= 4 is 17.5 Å². The first-order valence-electron chi connectivity index (χ1n) is 9.45. The standard InChI is InChI=1S/C20H32O4/c1-2-3-6-9-17(21)14-12-16-13-15-19(22)18(16)10-7-4-5-8-11-20(23)24/h4,7,16,18H,2-3,5-6,8-15H2,1H3,(H,23,24)/t16-,18+/m0/s1. The normalized spacial score (nSPS) is 20.8. The van der Waals surface area contributed by atoms with Crippen molar-refractivity contribution in [3.8, 4) is 0 Å². The Bertz CT molecular complexity index is 439. The minimum Gasteiger partial charge on any atom is -0.481 e. The fourth-order valence-corrected chi connectivity index (χ4v) is 3.42. The third-order valence-corrected chi connectivity index (χ3v) is 4.92. The van der Waals surface area contributed by atoms with Crippen LogP contribution in [0.2, 0.25) is 0 Å². The summed E-state index contributed by atoms with van der Waals surface area (Å²) in [5.74, 6) is 0.304. The number of aliphatic carboxylic acids is 1. The third kappa shape index (κ3) is 8.42. The van der Waals surface area contributed by atoms with E-state index in [0.29, 0.717) is 43.2 Å². The van der Waals surface area contributed by atoms with E-state index < -0.39 is 5.97 Å². The van der Waals surface area contributed by atoms with Gasteiger partial charge in [-0.1, -0.05) is 31.9 Å². The number of unbranched alkanes of at least 4 members (excludes halogenated alkanes) is 3. The number of hydrogen-bond donors (Lipinski definition) is 1. The van der Waals surface area contributed by atoms with Gasteiger partial charge in [-0.2, -0.15) is 0 Å². The molecule has 0 amide bonds. The van der Waals surface area contributed by atoms with Gasteiger partial charge < -0.3 is 5.11 Å². The van der Waals surface area contributed by atoms with Crippen LogP contribution < -0.4 is 0 Å². The van der Waals surface area contributed by atoms with Crippen molar-refractivity contribution in [2.24, 2.45) is 11.8 Å². The minimum atomic E-state index is -0.766. The fourth-order valence-electron chi connectivity index (χ4n) is 3.42. The lowest BCUT2D eigenvalue weighted by molar-refractivity contribution is -0.137. The summed E-state index contributed by atoms with van der Waals surface area (Å²) in [7, 11) is 0. The molecule has 4 heteroatoms. The lowest BCUT2D eigenvalue weighted by atomic mass is 9.87. The summed E-state index contributed by atoms with van der Waals surface area (Å²) in [6.45, 7) is 2.13. The van der Waals surface area contributed by atoms with Crippen molar-refractivity contribution in [1.29, 1.82) is 0 Å². The molecule has 1 N–H and O–H groups in total. The molecule has 0 radical (unpaired) electrons. The summed E-state index contributed by atoms with van der Waals surface area (Å²) in [6, 6.07) is 0. The summed E-state index contributed by atoms with van der Waals surface area (Å²) in [4.78, 5) is 34.4. The molecule has 0 aromatic rings. The average molecular weight is 336 g/mol. The van der Waals surface area contributed by atoms with Gasteiger partial charge >= 0.3 is 5.97 Å². The number of carbonyl (C=O) groups is 3. The number of carboxylic acid groups (broad SMARTS) is 1. The Labute approximate surface area is 145 Å². The van der Waals surface area contributed by atoms with Crippen LogP contribution in [0, 0.1) is 11.8 Å². The summed E-state index contributed by atoms with van der Waals surface area (Å²) in [5.41, 5.74) is 0. The number of carbonyl (C=O) groups excluding carboxylic acids is 2. The topological polar surface area (TPSA) is 71.4 Å². The zero-order chi connectivity index (χ0) is 17.8. The van der Waals surface area contributed by atoms with Gasteiger partial charge in [-0.3, -0.25) is 14.4 Å². The molecule has 1 fully saturated rings. The predicted molar refractivity (Wildman–Crippen MR) is 94.8 cm³/mol.